The molecule has 1 rings (SSSR count). The van der Waals surface area contributed by atoms with Crippen LogP contribution in [0.5, 0.6) is 5.75 Å². The molecule has 0 fully saturated rings. The molecule has 0 bridgehead atoms. The summed E-state index contributed by atoms with van der Waals surface area (Å²) < 4.78 is 10.5. The number of nitrogens with two attached hydrogens (primary N) is 1. The van der Waals surface area contributed by atoms with Crippen molar-refractivity contribution in [2.24, 2.45) is 5.92 Å². The fourth-order valence-corrected chi connectivity index (χ4v) is 1.43. The second kappa shape index (κ2) is 7.63. The molecule has 0 unspecified atom stereocenters. The fraction of sp³-hybridized carbons (Fsp3) is 0.500. The Labute approximate surface area is 114 Å². The highest BCUT2D eigenvalue weighted by Crippen LogP contribution is 2.23. The number of nitrogen functional groups attached to an aromatic ring is 1. The topological polar surface area (TPSA) is 73.6 Å². The zero-order chi connectivity index (χ0) is 14.3. The minimum atomic E-state index is -0.161. The molecule has 0 saturated carbocycles. The number of hydrogen-bond donors (Lipinski definition) is 2. The van der Waals surface area contributed by atoms with Crippen molar-refractivity contribution in [3.05, 3.63) is 23.8 Å². The molecular weight excluding hydrogens is 244 g/mol. The van der Waals surface area contributed by atoms with Crippen molar-refractivity contribution in [2.75, 3.05) is 32.6 Å². The van der Waals surface area contributed by atoms with Gasteiger partial charge in [-0.2, -0.15) is 0 Å². The first-order valence-electron chi connectivity index (χ1n) is 6.34. The third kappa shape index (κ3) is 5.18. The van der Waals surface area contributed by atoms with E-state index in [2.05, 4.69) is 19.2 Å². The molecule has 0 spiro atoms. The summed E-state index contributed by atoms with van der Waals surface area (Å²) in [5, 5.41) is 2.75. The molecule has 0 aliphatic carbocycles. The van der Waals surface area contributed by atoms with Crippen molar-refractivity contribution in [1.82, 2.24) is 5.32 Å². The molecule has 3 N–H and O–H groups in total. The van der Waals surface area contributed by atoms with E-state index in [0.717, 1.165) is 0 Å². The first-order chi connectivity index (χ1) is 9.04. The number of benzene rings is 1. The van der Waals surface area contributed by atoms with E-state index < -0.39 is 0 Å². The molecule has 0 heterocycles. The second-order valence-corrected chi connectivity index (χ2v) is 4.71. The summed E-state index contributed by atoms with van der Waals surface area (Å²) in [7, 11) is 1.59. The van der Waals surface area contributed by atoms with Gasteiger partial charge in [0, 0.05) is 19.2 Å². The van der Waals surface area contributed by atoms with Crippen LogP contribution in [0.25, 0.3) is 0 Å². The van der Waals surface area contributed by atoms with Crippen molar-refractivity contribution in [3.8, 4) is 5.75 Å². The molecule has 5 nitrogen and oxygen atoms in total. The van der Waals surface area contributed by atoms with Crippen molar-refractivity contribution >= 4 is 11.6 Å². The molecule has 0 atom stereocenters. The maximum absolute atomic E-state index is 11.9. The van der Waals surface area contributed by atoms with Gasteiger partial charge in [0.15, 0.2) is 0 Å². The number of rotatable bonds is 7. The Morgan fingerprint density at radius 3 is 2.79 bits per heavy atom. The van der Waals surface area contributed by atoms with Gasteiger partial charge < -0.3 is 20.5 Å². The lowest BCUT2D eigenvalue weighted by molar-refractivity contribution is 0.0936. The first kappa shape index (κ1) is 15.3. The van der Waals surface area contributed by atoms with Gasteiger partial charge in [-0.1, -0.05) is 13.8 Å². The Morgan fingerprint density at radius 1 is 1.42 bits per heavy atom. The number of ether oxygens (including phenoxy) is 2. The molecule has 0 aromatic heterocycles. The summed E-state index contributed by atoms with van der Waals surface area (Å²) in [6, 6.07) is 5.03. The highest BCUT2D eigenvalue weighted by molar-refractivity contribution is 5.95. The Kier molecular flexibility index (Phi) is 6.15. The van der Waals surface area contributed by atoms with Crippen LogP contribution in [0.4, 0.5) is 5.69 Å². The van der Waals surface area contributed by atoms with Crippen LogP contribution in [0.3, 0.4) is 0 Å². The molecule has 0 saturated heterocycles. The summed E-state index contributed by atoms with van der Waals surface area (Å²) in [4.78, 5) is 11.9. The lowest BCUT2D eigenvalue weighted by Crippen LogP contribution is -2.27. The number of methoxy groups -OCH3 is 1. The number of hydrogen-bond acceptors (Lipinski definition) is 4. The normalized spacial score (nSPS) is 10.5. The summed E-state index contributed by atoms with van der Waals surface area (Å²) in [5.41, 5.74) is 6.89. The zero-order valence-electron chi connectivity index (χ0n) is 11.7. The number of nitrogens with one attached hydrogen (secondary N) is 1. The minimum absolute atomic E-state index is 0.161. The van der Waals surface area contributed by atoms with Gasteiger partial charge in [0.2, 0.25) is 0 Å². The van der Waals surface area contributed by atoms with Crippen molar-refractivity contribution in [2.45, 2.75) is 13.8 Å². The van der Waals surface area contributed by atoms with Crippen molar-refractivity contribution in [1.29, 1.82) is 0 Å². The van der Waals surface area contributed by atoms with E-state index in [4.69, 9.17) is 15.2 Å². The van der Waals surface area contributed by atoms with E-state index in [-0.39, 0.29) is 5.91 Å². The van der Waals surface area contributed by atoms with Gasteiger partial charge in [-0.25, -0.2) is 0 Å². The average molecular weight is 266 g/mol. The lowest BCUT2D eigenvalue weighted by Gasteiger charge is -2.12. The van der Waals surface area contributed by atoms with E-state index in [1.54, 1.807) is 25.3 Å². The van der Waals surface area contributed by atoms with Gasteiger partial charge in [-0.15, -0.1) is 0 Å². The van der Waals surface area contributed by atoms with E-state index in [1.165, 1.54) is 0 Å². The molecule has 19 heavy (non-hydrogen) atoms. The molecule has 5 heteroatoms. The van der Waals surface area contributed by atoms with E-state index in [1.807, 2.05) is 0 Å². The van der Waals surface area contributed by atoms with Crippen LogP contribution in [0.2, 0.25) is 0 Å². The summed E-state index contributed by atoms with van der Waals surface area (Å²) in [6.07, 6.45) is 0. The van der Waals surface area contributed by atoms with Crippen LogP contribution >= 0.6 is 0 Å². The van der Waals surface area contributed by atoms with Gasteiger partial charge >= 0.3 is 0 Å². The van der Waals surface area contributed by atoms with Crippen LogP contribution in [-0.4, -0.2) is 32.8 Å². The first-order valence-corrected chi connectivity index (χ1v) is 6.34. The second-order valence-electron chi connectivity index (χ2n) is 4.71. The summed E-state index contributed by atoms with van der Waals surface area (Å²) in [5.74, 6) is 0.790. The van der Waals surface area contributed by atoms with Gasteiger partial charge in [0.05, 0.1) is 18.9 Å². The van der Waals surface area contributed by atoms with Crippen LogP contribution < -0.4 is 15.8 Å². The quantitative estimate of drug-likeness (QED) is 0.581. The van der Waals surface area contributed by atoms with Crippen LogP contribution in [0, 0.1) is 5.92 Å². The predicted molar refractivity (Wildman–Crippen MR) is 75.4 cm³/mol. The van der Waals surface area contributed by atoms with Crippen molar-refractivity contribution in [3.63, 3.8) is 0 Å². The SMILES string of the molecule is COCCNC(=O)c1ccc(N)c(OCC(C)C)c1. The molecule has 0 aliphatic rings. The molecule has 0 aliphatic heterocycles. The monoisotopic (exact) mass is 266 g/mol. The number of carbonyl (C=O) groups excluding carboxylic acids is 1. The van der Waals surface area contributed by atoms with Crippen LogP contribution in [0.15, 0.2) is 18.2 Å². The van der Waals surface area contributed by atoms with Crippen LogP contribution in [-0.2, 0) is 4.74 Å². The molecule has 0 radical (unpaired) electrons. The maximum Gasteiger partial charge on any atom is 0.251 e. The smallest absolute Gasteiger partial charge is 0.251 e. The fourth-order valence-electron chi connectivity index (χ4n) is 1.43. The molecule has 106 valence electrons. The van der Waals surface area contributed by atoms with Gasteiger partial charge in [-0.3, -0.25) is 4.79 Å². The lowest BCUT2D eigenvalue weighted by atomic mass is 10.1. The van der Waals surface area contributed by atoms with E-state index in [9.17, 15) is 4.79 Å². The standard InChI is InChI=1S/C14H22N2O3/c1-10(2)9-19-13-8-11(4-5-12(13)15)14(17)16-6-7-18-3/h4-5,8,10H,6-7,9,15H2,1-3H3,(H,16,17). The molecular formula is C14H22N2O3. The average Bonchev–Trinajstić information content (AvgIpc) is 2.37. The largest absolute Gasteiger partial charge is 0.491 e. The highest BCUT2D eigenvalue weighted by atomic mass is 16.5. The van der Waals surface area contributed by atoms with Gasteiger partial charge in [-0.05, 0) is 24.1 Å². The highest BCUT2D eigenvalue weighted by Gasteiger charge is 2.09. The molecule has 1 aromatic rings. The number of carbonyl (C=O) groups is 1. The molecule has 1 aromatic carbocycles. The third-order valence-corrected chi connectivity index (χ3v) is 2.44. The Hall–Kier alpha value is -1.75. The van der Waals surface area contributed by atoms with Gasteiger partial charge in [0.25, 0.3) is 5.91 Å². The van der Waals surface area contributed by atoms with E-state index >= 15 is 0 Å². The summed E-state index contributed by atoms with van der Waals surface area (Å²) in [6.45, 7) is 5.63. The summed E-state index contributed by atoms with van der Waals surface area (Å²) >= 11 is 0. The zero-order valence-corrected chi connectivity index (χ0v) is 11.7. The van der Waals surface area contributed by atoms with Crippen molar-refractivity contribution < 1.29 is 14.3 Å². The van der Waals surface area contributed by atoms with Crippen LogP contribution in [0.1, 0.15) is 24.2 Å². The number of anilines is 1. The molecule has 1 amide bonds. The van der Waals surface area contributed by atoms with Gasteiger partial charge in [0.1, 0.15) is 5.75 Å². The predicted octanol–water partition coefficient (Wildman–Crippen LogP) is 1.68. The van der Waals surface area contributed by atoms with E-state index in [0.29, 0.717) is 42.7 Å². The third-order valence-electron chi connectivity index (χ3n) is 2.44. The maximum atomic E-state index is 11.9. The minimum Gasteiger partial charge on any atom is -0.491 e. The number of amides is 1. The Bertz CT molecular complexity index is 419. The Balaban J connectivity index is 2.69. The Morgan fingerprint density at radius 2 is 2.16 bits per heavy atom.